The summed E-state index contributed by atoms with van der Waals surface area (Å²) in [5, 5.41) is 15.0. The zero-order valence-corrected chi connectivity index (χ0v) is 15.9. The molecule has 3 aromatic rings. The fourth-order valence-corrected chi connectivity index (χ4v) is 2.78. The second-order valence-electron chi connectivity index (χ2n) is 6.61. The molecule has 4 heteroatoms. The number of ether oxygens (including phenoxy) is 2. The zero-order valence-electron chi connectivity index (χ0n) is 15.9. The first-order chi connectivity index (χ1) is 13.7. The molecule has 0 aliphatic carbocycles. The van der Waals surface area contributed by atoms with E-state index in [0.717, 1.165) is 17.1 Å². The van der Waals surface area contributed by atoms with Crippen molar-refractivity contribution in [3.63, 3.8) is 0 Å². The van der Waals surface area contributed by atoms with Gasteiger partial charge in [-0.1, -0.05) is 37.3 Å². The molecular weight excluding hydrogens is 348 g/mol. The highest BCUT2D eigenvalue weighted by Gasteiger charge is 2.06. The predicted octanol–water partition coefficient (Wildman–Crippen LogP) is 6.07. The summed E-state index contributed by atoms with van der Waals surface area (Å²) < 4.78 is 11.7. The second-order valence-corrected chi connectivity index (χ2v) is 6.61. The summed E-state index contributed by atoms with van der Waals surface area (Å²) in [5.74, 6) is 2.57. The zero-order chi connectivity index (χ0) is 19.8. The van der Waals surface area contributed by atoms with Crippen molar-refractivity contribution < 1.29 is 9.47 Å². The maximum Gasteiger partial charge on any atom is 0.127 e. The molecule has 0 spiro atoms. The molecule has 0 saturated heterocycles. The third kappa shape index (κ3) is 5.30. The standard InChI is InChI=1S/C24H24N2O2/c1-18(19-5-3-2-4-6-19)17-27-21-11-13-23(14-12-21)28-22-9-7-20(8-10-22)24(26)15-16-25/h2-14,16,18,25-26H,15,17H2,1H3. The van der Waals surface area contributed by atoms with Crippen LogP contribution in [0.25, 0.3) is 0 Å². The summed E-state index contributed by atoms with van der Waals surface area (Å²) in [7, 11) is 0. The minimum Gasteiger partial charge on any atom is -0.493 e. The molecule has 0 amide bonds. The topological polar surface area (TPSA) is 66.2 Å². The highest BCUT2D eigenvalue weighted by Crippen LogP contribution is 2.25. The van der Waals surface area contributed by atoms with Gasteiger partial charge in [0.05, 0.1) is 6.61 Å². The molecule has 0 bridgehead atoms. The van der Waals surface area contributed by atoms with E-state index in [1.165, 1.54) is 11.8 Å². The molecule has 4 nitrogen and oxygen atoms in total. The molecule has 0 aliphatic rings. The van der Waals surface area contributed by atoms with Gasteiger partial charge in [-0.05, 0) is 59.7 Å². The Labute approximate surface area is 165 Å². The number of nitrogens with one attached hydrogen (secondary N) is 2. The summed E-state index contributed by atoms with van der Waals surface area (Å²) in [6.45, 7) is 2.77. The van der Waals surface area contributed by atoms with Crippen molar-refractivity contribution in [2.45, 2.75) is 19.3 Å². The van der Waals surface area contributed by atoms with Crippen LogP contribution in [0.1, 0.15) is 30.4 Å². The highest BCUT2D eigenvalue weighted by atomic mass is 16.5. The van der Waals surface area contributed by atoms with E-state index >= 15 is 0 Å². The van der Waals surface area contributed by atoms with Crippen LogP contribution < -0.4 is 9.47 Å². The van der Waals surface area contributed by atoms with Gasteiger partial charge in [0.1, 0.15) is 17.2 Å². The van der Waals surface area contributed by atoms with Crippen molar-refractivity contribution in [3.8, 4) is 17.2 Å². The molecule has 0 saturated carbocycles. The van der Waals surface area contributed by atoms with Crippen molar-refractivity contribution >= 4 is 11.9 Å². The average molecular weight is 372 g/mol. The molecule has 0 aromatic heterocycles. The monoisotopic (exact) mass is 372 g/mol. The summed E-state index contributed by atoms with van der Waals surface area (Å²) in [5.41, 5.74) is 2.49. The van der Waals surface area contributed by atoms with Gasteiger partial charge < -0.3 is 20.3 Å². The molecule has 2 N–H and O–H groups in total. The van der Waals surface area contributed by atoms with E-state index < -0.39 is 0 Å². The van der Waals surface area contributed by atoms with E-state index in [0.29, 0.717) is 30.4 Å². The first-order valence-corrected chi connectivity index (χ1v) is 9.28. The Balaban J connectivity index is 1.54. The van der Waals surface area contributed by atoms with E-state index in [1.54, 1.807) is 0 Å². The van der Waals surface area contributed by atoms with Crippen LogP contribution in [-0.2, 0) is 0 Å². The van der Waals surface area contributed by atoms with Crippen LogP contribution in [0, 0.1) is 10.8 Å². The Morgan fingerprint density at radius 2 is 1.43 bits per heavy atom. The van der Waals surface area contributed by atoms with Crippen LogP contribution in [-0.4, -0.2) is 18.5 Å². The number of benzene rings is 3. The molecular formula is C24H24N2O2. The molecule has 1 unspecified atom stereocenters. The Bertz CT molecular complexity index is 904. The fourth-order valence-electron chi connectivity index (χ4n) is 2.78. The first kappa shape index (κ1) is 19.4. The van der Waals surface area contributed by atoms with Gasteiger partial charge >= 0.3 is 0 Å². The highest BCUT2D eigenvalue weighted by molar-refractivity contribution is 6.04. The van der Waals surface area contributed by atoms with Crippen LogP contribution >= 0.6 is 0 Å². The normalized spacial score (nSPS) is 11.5. The van der Waals surface area contributed by atoms with Crippen molar-refractivity contribution in [1.82, 2.24) is 0 Å². The minimum atomic E-state index is 0.321. The molecule has 0 heterocycles. The van der Waals surface area contributed by atoms with Gasteiger partial charge in [0.25, 0.3) is 0 Å². The number of hydrogen-bond donors (Lipinski definition) is 2. The van der Waals surface area contributed by atoms with Gasteiger partial charge in [-0.25, -0.2) is 0 Å². The lowest BCUT2D eigenvalue weighted by Crippen LogP contribution is -2.06. The van der Waals surface area contributed by atoms with Crippen LogP contribution in [0.15, 0.2) is 78.9 Å². The smallest absolute Gasteiger partial charge is 0.127 e. The lowest BCUT2D eigenvalue weighted by Gasteiger charge is -2.14. The van der Waals surface area contributed by atoms with Crippen molar-refractivity contribution in [1.29, 1.82) is 10.8 Å². The SMILES string of the molecule is CC(COc1ccc(Oc2ccc(C(=N)CC=N)cc2)cc1)c1ccccc1. The second kappa shape index (κ2) is 9.51. The lowest BCUT2D eigenvalue weighted by atomic mass is 10.0. The molecule has 3 rings (SSSR count). The van der Waals surface area contributed by atoms with E-state index in [9.17, 15) is 0 Å². The summed E-state index contributed by atoms with van der Waals surface area (Å²) in [4.78, 5) is 0. The first-order valence-electron chi connectivity index (χ1n) is 9.28. The molecule has 3 aromatic carbocycles. The van der Waals surface area contributed by atoms with Crippen molar-refractivity contribution in [2.75, 3.05) is 6.61 Å². The Morgan fingerprint density at radius 3 is 2.04 bits per heavy atom. The molecule has 0 aliphatic heterocycles. The molecule has 142 valence electrons. The van der Waals surface area contributed by atoms with Crippen LogP contribution in [0.3, 0.4) is 0 Å². The molecule has 0 radical (unpaired) electrons. The molecule has 0 fully saturated rings. The maximum absolute atomic E-state index is 7.86. The number of hydrogen-bond acceptors (Lipinski definition) is 4. The van der Waals surface area contributed by atoms with Crippen LogP contribution in [0.2, 0.25) is 0 Å². The fraction of sp³-hybridized carbons (Fsp3) is 0.167. The quantitative estimate of drug-likeness (QED) is 0.448. The van der Waals surface area contributed by atoms with E-state index in [4.69, 9.17) is 20.3 Å². The summed E-state index contributed by atoms with van der Waals surface area (Å²) in [6, 6.07) is 25.2. The van der Waals surface area contributed by atoms with Gasteiger partial charge in [0.2, 0.25) is 0 Å². The van der Waals surface area contributed by atoms with E-state index in [2.05, 4.69) is 19.1 Å². The van der Waals surface area contributed by atoms with Gasteiger partial charge in [-0.15, -0.1) is 0 Å². The van der Waals surface area contributed by atoms with Crippen molar-refractivity contribution in [2.24, 2.45) is 0 Å². The molecule has 1 atom stereocenters. The van der Waals surface area contributed by atoms with Crippen molar-refractivity contribution in [3.05, 3.63) is 90.0 Å². The van der Waals surface area contributed by atoms with E-state index in [-0.39, 0.29) is 0 Å². The summed E-state index contributed by atoms with van der Waals surface area (Å²) in [6.07, 6.45) is 1.57. The summed E-state index contributed by atoms with van der Waals surface area (Å²) >= 11 is 0. The van der Waals surface area contributed by atoms with Crippen LogP contribution in [0.5, 0.6) is 17.2 Å². The average Bonchev–Trinajstić information content (AvgIpc) is 2.74. The van der Waals surface area contributed by atoms with Gasteiger partial charge in [0, 0.05) is 24.3 Å². The maximum atomic E-state index is 7.86. The Morgan fingerprint density at radius 1 is 0.857 bits per heavy atom. The van der Waals surface area contributed by atoms with Crippen LogP contribution in [0.4, 0.5) is 0 Å². The molecule has 28 heavy (non-hydrogen) atoms. The Kier molecular flexibility index (Phi) is 6.58. The minimum absolute atomic E-state index is 0.321. The number of rotatable bonds is 9. The van der Waals surface area contributed by atoms with E-state index in [1.807, 2.05) is 66.7 Å². The lowest BCUT2D eigenvalue weighted by molar-refractivity contribution is 0.295. The van der Waals surface area contributed by atoms with Gasteiger partial charge in [0.15, 0.2) is 0 Å². The van der Waals surface area contributed by atoms with Gasteiger partial charge in [-0.3, -0.25) is 0 Å². The largest absolute Gasteiger partial charge is 0.493 e. The predicted molar refractivity (Wildman–Crippen MR) is 114 cm³/mol. The third-order valence-corrected chi connectivity index (χ3v) is 4.44. The van der Waals surface area contributed by atoms with Gasteiger partial charge in [-0.2, -0.15) is 0 Å². The third-order valence-electron chi connectivity index (χ3n) is 4.44. The Hall–Kier alpha value is -3.40.